The van der Waals surface area contributed by atoms with Crippen LogP contribution >= 0.6 is 0 Å². The summed E-state index contributed by atoms with van der Waals surface area (Å²) < 4.78 is 29.4. The maximum absolute atomic E-state index is 15.9. The van der Waals surface area contributed by atoms with Crippen molar-refractivity contribution in [3.8, 4) is 0 Å². The molecule has 2 aromatic rings. The number of aryl methyl sites for hydroxylation is 1. The molecular weight excluding hydrogens is 290 g/mol. The molecule has 2 heteroatoms. The number of hydrogen-bond acceptors (Lipinski definition) is 0. The van der Waals surface area contributed by atoms with E-state index in [0.29, 0.717) is 11.1 Å². The first-order chi connectivity index (χ1) is 11.1. The van der Waals surface area contributed by atoms with Crippen LogP contribution in [0.4, 0.5) is 8.78 Å². The lowest BCUT2D eigenvalue weighted by molar-refractivity contribution is 0.249. The summed E-state index contributed by atoms with van der Waals surface area (Å²) >= 11 is 0. The first-order valence-corrected chi connectivity index (χ1v) is 8.05. The van der Waals surface area contributed by atoms with Crippen molar-refractivity contribution in [2.24, 2.45) is 0 Å². The van der Waals surface area contributed by atoms with E-state index >= 15 is 4.39 Å². The molecule has 1 atom stereocenters. The largest absolute Gasteiger partial charge is 0.233 e. The lowest BCUT2D eigenvalue weighted by atomic mass is 9.78. The van der Waals surface area contributed by atoms with Gasteiger partial charge in [0.2, 0.25) is 0 Å². The molecule has 0 spiro atoms. The van der Waals surface area contributed by atoms with Crippen molar-refractivity contribution in [1.82, 2.24) is 0 Å². The SMILES string of the molecule is CCCc1cccc(C2=CC=CCC2(F)c2cccc(F)c2)c1. The molecule has 1 aliphatic rings. The molecule has 118 valence electrons. The Bertz CT molecular complexity index is 758. The average Bonchev–Trinajstić information content (AvgIpc) is 2.56. The predicted octanol–water partition coefficient (Wildman–Crippen LogP) is 5.99. The number of hydrogen-bond donors (Lipinski definition) is 0. The Hall–Kier alpha value is -2.22. The van der Waals surface area contributed by atoms with E-state index in [2.05, 4.69) is 13.0 Å². The van der Waals surface area contributed by atoms with E-state index in [0.717, 1.165) is 18.4 Å². The minimum absolute atomic E-state index is 0.223. The van der Waals surface area contributed by atoms with Crippen molar-refractivity contribution in [2.75, 3.05) is 0 Å². The summed E-state index contributed by atoms with van der Waals surface area (Å²) in [5, 5.41) is 0. The lowest BCUT2D eigenvalue weighted by Crippen LogP contribution is -2.23. The summed E-state index contributed by atoms with van der Waals surface area (Å²) in [5.41, 5.74) is 1.34. The van der Waals surface area contributed by atoms with Crippen LogP contribution < -0.4 is 0 Å². The maximum atomic E-state index is 15.9. The Kier molecular flexibility index (Phi) is 4.42. The predicted molar refractivity (Wildman–Crippen MR) is 91.4 cm³/mol. The Morgan fingerprint density at radius 3 is 2.70 bits per heavy atom. The number of allylic oxidation sites excluding steroid dienone is 4. The van der Waals surface area contributed by atoms with Gasteiger partial charge in [-0.05, 0) is 35.2 Å². The quantitative estimate of drug-likeness (QED) is 0.651. The van der Waals surface area contributed by atoms with Crippen LogP contribution in [0.1, 0.15) is 36.5 Å². The van der Waals surface area contributed by atoms with Crippen molar-refractivity contribution in [2.45, 2.75) is 31.9 Å². The van der Waals surface area contributed by atoms with Crippen molar-refractivity contribution in [1.29, 1.82) is 0 Å². The van der Waals surface area contributed by atoms with Crippen molar-refractivity contribution in [3.05, 3.63) is 89.3 Å². The van der Waals surface area contributed by atoms with Gasteiger partial charge in [0, 0.05) is 12.0 Å². The molecule has 0 bridgehead atoms. The van der Waals surface area contributed by atoms with Crippen molar-refractivity contribution >= 4 is 5.57 Å². The first-order valence-electron chi connectivity index (χ1n) is 8.05. The molecule has 1 aliphatic carbocycles. The van der Waals surface area contributed by atoms with E-state index in [1.54, 1.807) is 24.3 Å². The zero-order valence-corrected chi connectivity index (χ0v) is 13.2. The van der Waals surface area contributed by atoms with Crippen LogP contribution in [0, 0.1) is 5.82 Å². The van der Waals surface area contributed by atoms with Gasteiger partial charge in [-0.15, -0.1) is 0 Å². The second-order valence-corrected chi connectivity index (χ2v) is 5.97. The average molecular weight is 310 g/mol. The summed E-state index contributed by atoms with van der Waals surface area (Å²) in [7, 11) is 0. The fourth-order valence-electron chi connectivity index (χ4n) is 3.15. The summed E-state index contributed by atoms with van der Waals surface area (Å²) in [5.74, 6) is -0.409. The van der Waals surface area contributed by atoms with Crippen LogP contribution in [-0.2, 0) is 12.1 Å². The van der Waals surface area contributed by atoms with Crippen molar-refractivity contribution in [3.63, 3.8) is 0 Å². The van der Waals surface area contributed by atoms with Crippen LogP contribution in [-0.4, -0.2) is 0 Å². The zero-order valence-electron chi connectivity index (χ0n) is 13.2. The van der Waals surface area contributed by atoms with Crippen LogP contribution in [0.25, 0.3) is 5.57 Å². The Morgan fingerprint density at radius 1 is 1.09 bits per heavy atom. The smallest absolute Gasteiger partial charge is 0.165 e. The standard InChI is InChI=1S/C21H20F2/c1-2-7-16-8-5-9-17(14-16)20-12-3-4-13-21(20,23)18-10-6-11-19(22)15-18/h3-6,8-12,14-15H,2,7,13H2,1H3. The molecule has 0 fully saturated rings. The molecule has 0 aromatic heterocycles. The van der Waals surface area contributed by atoms with Gasteiger partial charge >= 0.3 is 0 Å². The van der Waals surface area contributed by atoms with Gasteiger partial charge < -0.3 is 0 Å². The highest BCUT2D eigenvalue weighted by atomic mass is 19.1. The zero-order chi connectivity index (χ0) is 16.3. The van der Waals surface area contributed by atoms with E-state index in [1.807, 2.05) is 24.3 Å². The van der Waals surface area contributed by atoms with Crippen LogP contribution in [0.3, 0.4) is 0 Å². The van der Waals surface area contributed by atoms with Gasteiger partial charge in [0.05, 0.1) is 0 Å². The third-order valence-corrected chi connectivity index (χ3v) is 4.28. The molecule has 0 N–H and O–H groups in total. The molecule has 0 saturated heterocycles. The fraction of sp³-hybridized carbons (Fsp3) is 0.238. The van der Waals surface area contributed by atoms with Gasteiger partial charge in [0.15, 0.2) is 5.67 Å². The van der Waals surface area contributed by atoms with Crippen LogP contribution in [0.2, 0.25) is 0 Å². The highest BCUT2D eigenvalue weighted by molar-refractivity contribution is 5.76. The topological polar surface area (TPSA) is 0 Å². The molecule has 2 aromatic carbocycles. The molecule has 1 unspecified atom stereocenters. The third kappa shape index (κ3) is 3.12. The van der Waals surface area contributed by atoms with Gasteiger partial charge in [-0.1, -0.05) is 68.0 Å². The highest BCUT2D eigenvalue weighted by Crippen LogP contribution is 2.45. The van der Waals surface area contributed by atoms with Gasteiger partial charge in [-0.3, -0.25) is 0 Å². The van der Waals surface area contributed by atoms with E-state index in [9.17, 15) is 4.39 Å². The number of rotatable bonds is 4. The minimum Gasteiger partial charge on any atom is -0.233 e. The normalized spacial score (nSPS) is 20.4. The molecule has 0 amide bonds. The second kappa shape index (κ2) is 6.49. The fourth-order valence-corrected chi connectivity index (χ4v) is 3.15. The molecule has 0 saturated carbocycles. The van der Waals surface area contributed by atoms with Gasteiger partial charge in [0.25, 0.3) is 0 Å². The molecule has 0 aliphatic heterocycles. The minimum atomic E-state index is -1.69. The Balaban J connectivity index is 2.06. The molecule has 0 radical (unpaired) electrons. The molecule has 0 heterocycles. The molecular formula is C21H20F2. The van der Waals surface area contributed by atoms with E-state index in [-0.39, 0.29) is 6.42 Å². The van der Waals surface area contributed by atoms with Crippen molar-refractivity contribution < 1.29 is 8.78 Å². The highest BCUT2D eigenvalue weighted by Gasteiger charge is 2.37. The maximum Gasteiger partial charge on any atom is 0.165 e. The Labute approximate surface area is 136 Å². The van der Waals surface area contributed by atoms with Crippen LogP contribution in [0.5, 0.6) is 0 Å². The van der Waals surface area contributed by atoms with Crippen LogP contribution in [0.15, 0.2) is 66.8 Å². The summed E-state index contributed by atoms with van der Waals surface area (Å²) in [6.07, 6.45) is 7.71. The Morgan fingerprint density at radius 2 is 1.91 bits per heavy atom. The second-order valence-electron chi connectivity index (χ2n) is 5.97. The van der Waals surface area contributed by atoms with E-state index in [4.69, 9.17) is 0 Å². The molecule has 23 heavy (non-hydrogen) atoms. The van der Waals surface area contributed by atoms with Gasteiger partial charge in [-0.2, -0.15) is 0 Å². The van der Waals surface area contributed by atoms with E-state index < -0.39 is 11.5 Å². The first kappa shape index (κ1) is 15.7. The van der Waals surface area contributed by atoms with Gasteiger partial charge in [0.1, 0.15) is 5.82 Å². The third-order valence-electron chi connectivity index (χ3n) is 4.28. The number of alkyl halides is 1. The van der Waals surface area contributed by atoms with Gasteiger partial charge in [-0.25, -0.2) is 8.78 Å². The summed E-state index contributed by atoms with van der Waals surface area (Å²) in [6.45, 7) is 2.13. The monoisotopic (exact) mass is 310 g/mol. The number of benzene rings is 2. The molecule has 3 rings (SSSR count). The lowest BCUT2D eigenvalue weighted by Gasteiger charge is -2.30. The summed E-state index contributed by atoms with van der Waals surface area (Å²) in [4.78, 5) is 0. The molecule has 0 nitrogen and oxygen atoms in total. The van der Waals surface area contributed by atoms with E-state index in [1.165, 1.54) is 17.7 Å². The number of halogens is 2. The summed E-state index contributed by atoms with van der Waals surface area (Å²) in [6, 6.07) is 13.9.